The molecule has 1 aromatic rings. The van der Waals surface area contributed by atoms with Gasteiger partial charge in [0, 0.05) is 25.8 Å². The highest BCUT2D eigenvalue weighted by atomic mass is 32.3. The number of alkyl carbamates (subject to hydrolysis) is 1. The second-order valence-corrected chi connectivity index (χ2v) is 9.43. The Hall–Kier alpha value is -3.17. The molecule has 3 rings (SSSR count). The van der Waals surface area contributed by atoms with E-state index < -0.39 is 34.2 Å². The van der Waals surface area contributed by atoms with Gasteiger partial charge in [-0.1, -0.05) is 0 Å². The molecule has 14 nitrogen and oxygen atoms in total. The third-order valence-electron chi connectivity index (χ3n) is 4.48. The zero-order valence-corrected chi connectivity index (χ0v) is 19.2. The number of hydroxylamine groups is 2. The number of hydrogen-bond donors (Lipinski definition) is 3. The minimum Gasteiger partial charge on any atom is -0.444 e. The van der Waals surface area contributed by atoms with Crippen molar-refractivity contribution in [2.45, 2.75) is 38.8 Å². The van der Waals surface area contributed by atoms with Crippen LogP contribution in [0.3, 0.4) is 0 Å². The van der Waals surface area contributed by atoms with E-state index in [0.29, 0.717) is 16.5 Å². The topological polar surface area (TPSA) is 172 Å². The molecule has 0 saturated carbocycles. The van der Waals surface area contributed by atoms with E-state index >= 15 is 0 Å². The molecule has 1 unspecified atom stereocenters. The summed E-state index contributed by atoms with van der Waals surface area (Å²) in [6.45, 7) is 6.01. The van der Waals surface area contributed by atoms with Crippen LogP contribution in [0.5, 0.6) is 0 Å². The molecule has 3 N–H and O–H groups in total. The average Bonchev–Trinajstić information content (AvgIpc) is 3.22. The molecule has 2 bridgehead atoms. The molecule has 4 amide bonds. The van der Waals surface area contributed by atoms with Crippen molar-refractivity contribution in [3.63, 3.8) is 0 Å². The van der Waals surface area contributed by atoms with E-state index in [9.17, 15) is 22.8 Å². The van der Waals surface area contributed by atoms with Gasteiger partial charge in [0.1, 0.15) is 11.6 Å². The van der Waals surface area contributed by atoms with Gasteiger partial charge in [0.05, 0.1) is 24.4 Å². The minimum absolute atomic E-state index is 0.00319. The van der Waals surface area contributed by atoms with Crippen molar-refractivity contribution in [2.75, 3.05) is 26.2 Å². The molecule has 2 aliphatic heterocycles. The molecule has 1 atom stereocenters. The molecule has 182 valence electrons. The van der Waals surface area contributed by atoms with Crippen molar-refractivity contribution in [3.05, 3.63) is 24.0 Å². The normalized spacial score (nSPS) is 18.2. The van der Waals surface area contributed by atoms with Crippen LogP contribution < -0.4 is 10.6 Å². The second-order valence-electron chi connectivity index (χ2n) is 8.42. The van der Waals surface area contributed by atoms with Crippen LogP contribution >= 0.6 is 0 Å². The fraction of sp³-hybridized carbons (Fsp3) is 0.556. The lowest BCUT2D eigenvalue weighted by molar-refractivity contribution is -0.120. The molecule has 15 heteroatoms. The predicted molar refractivity (Wildman–Crippen MR) is 113 cm³/mol. The maximum atomic E-state index is 12.2. The second kappa shape index (κ2) is 9.36. The van der Waals surface area contributed by atoms with Gasteiger partial charge in [-0.15, -0.1) is 4.28 Å². The lowest BCUT2D eigenvalue weighted by Gasteiger charge is -2.21. The van der Waals surface area contributed by atoms with Crippen LogP contribution in [0.2, 0.25) is 0 Å². The van der Waals surface area contributed by atoms with Crippen molar-refractivity contribution in [1.82, 2.24) is 30.4 Å². The van der Waals surface area contributed by atoms with Gasteiger partial charge in [0.25, 0.3) is 0 Å². The first kappa shape index (κ1) is 24.5. The molecule has 3 heterocycles. The van der Waals surface area contributed by atoms with Crippen molar-refractivity contribution < 1.29 is 36.4 Å². The smallest absolute Gasteiger partial charge is 0.418 e. The number of nitrogens with one attached hydrogen (secondary N) is 2. The maximum absolute atomic E-state index is 12.2. The minimum atomic E-state index is -4.84. The van der Waals surface area contributed by atoms with E-state index in [0.717, 1.165) is 0 Å². The quantitative estimate of drug-likeness (QED) is 0.331. The number of nitrogens with zero attached hydrogens (tertiary/aromatic N) is 4. The highest BCUT2D eigenvalue weighted by Gasteiger charge is 2.43. The highest BCUT2D eigenvalue weighted by Crippen LogP contribution is 2.27. The van der Waals surface area contributed by atoms with Gasteiger partial charge in [-0.25, -0.2) is 14.3 Å². The Morgan fingerprint density at radius 1 is 1.27 bits per heavy atom. The molecule has 2 aliphatic rings. The van der Waals surface area contributed by atoms with Gasteiger partial charge >= 0.3 is 22.5 Å². The summed E-state index contributed by atoms with van der Waals surface area (Å²) in [5.74, 6) is -0.296. The number of amides is 4. The van der Waals surface area contributed by atoms with E-state index in [4.69, 9.17) is 9.29 Å². The molecule has 0 spiro atoms. The largest absolute Gasteiger partial charge is 0.444 e. The Labute approximate surface area is 190 Å². The van der Waals surface area contributed by atoms with Gasteiger partial charge in [0.2, 0.25) is 5.91 Å². The summed E-state index contributed by atoms with van der Waals surface area (Å²) >= 11 is 0. The van der Waals surface area contributed by atoms with Crippen LogP contribution in [0, 0.1) is 0 Å². The Kier molecular flexibility index (Phi) is 6.94. The van der Waals surface area contributed by atoms with Crippen LogP contribution in [-0.2, 0) is 30.6 Å². The molecule has 1 fully saturated rings. The predicted octanol–water partition coefficient (Wildman–Crippen LogP) is -0.238. The summed E-state index contributed by atoms with van der Waals surface area (Å²) in [7, 11) is -4.84. The standard InChI is InChI=1S/C18H26N6O8S/c1-18(2,3)31-16(26)20-6-5-19-15(25)8-12-4-7-23(21-12)13-9-14-11-22(10-13)17(27)24(14)32-33(28,29)30/h4,7,9,14H,5-6,8,10-11H2,1-3H3,(H,19,25)(H,20,26)(H,28,29,30). The molecule has 0 aliphatic carbocycles. The van der Waals surface area contributed by atoms with Gasteiger partial charge < -0.3 is 20.3 Å². The average molecular weight is 487 g/mol. The summed E-state index contributed by atoms with van der Waals surface area (Å²) < 4.78 is 41.8. The molecular formula is C18H26N6O8S. The monoisotopic (exact) mass is 486 g/mol. The van der Waals surface area contributed by atoms with Crippen LogP contribution in [-0.4, -0.2) is 88.6 Å². The summed E-state index contributed by atoms with van der Waals surface area (Å²) in [5.41, 5.74) is 0.444. The van der Waals surface area contributed by atoms with E-state index in [1.165, 1.54) is 9.58 Å². The zero-order valence-electron chi connectivity index (χ0n) is 18.3. The third-order valence-corrected chi connectivity index (χ3v) is 4.82. The third kappa shape index (κ3) is 6.90. The first-order valence-corrected chi connectivity index (χ1v) is 11.4. The lowest BCUT2D eigenvalue weighted by Crippen LogP contribution is -2.38. The van der Waals surface area contributed by atoms with Gasteiger partial charge in [-0.05, 0) is 32.9 Å². The van der Waals surface area contributed by atoms with Crippen LogP contribution in [0.25, 0.3) is 5.70 Å². The fourth-order valence-corrected chi connectivity index (χ4v) is 3.62. The van der Waals surface area contributed by atoms with Crippen LogP contribution in [0.15, 0.2) is 18.3 Å². The van der Waals surface area contributed by atoms with Crippen molar-refractivity contribution in [2.24, 2.45) is 0 Å². The first-order chi connectivity index (χ1) is 15.3. The number of fused-ring (bicyclic) bond motifs is 2. The SMILES string of the molecule is CC(C)(C)OC(=O)NCCNC(=O)Cc1ccn(C2=CC3CN(C2)C(=O)N3OS(=O)(=O)O)n1. The summed E-state index contributed by atoms with van der Waals surface area (Å²) in [6.07, 6.45) is 2.64. The molecule has 1 aromatic heterocycles. The van der Waals surface area contributed by atoms with Crippen LogP contribution in [0.4, 0.5) is 9.59 Å². The summed E-state index contributed by atoms with van der Waals surface area (Å²) in [6, 6.07) is 0.215. The number of ether oxygens (including phenoxy) is 1. The van der Waals surface area contributed by atoms with Crippen molar-refractivity contribution in [3.8, 4) is 0 Å². The van der Waals surface area contributed by atoms with Gasteiger partial charge in [-0.2, -0.15) is 18.6 Å². The summed E-state index contributed by atoms with van der Waals surface area (Å²) in [4.78, 5) is 37.3. The molecular weight excluding hydrogens is 460 g/mol. The van der Waals surface area contributed by atoms with E-state index in [2.05, 4.69) is 20.0 Å². The fourth-order valence-electron chi connectivity index (χ4n) is 3.24. The number of carbonyl (C=O) groups is 3. The highest BCUT2D eigenvalue weighted by molar-refractivity contribution is 7.80. The van der Waals surface area contributed by atoms with E-state index in [1.54, 1.807) is 39.1 Å². The van der Waals surface area contributed by atoms with Gasteiger partial charge in [0.15, 0.2) is 0 Å². The molecule has 0 radical (unpaired) electrons. The van der Waals surface area contributed by atoms with E-state index in [1.807, 2.05) is 0 Å². The number of hydrogen-bond acceptors (Lipinski definition) is 8. The van der Waals surface area contributed by atoms with Crippen LogP contribution in [0.1, 0.15) is 26.5 Å². The number of urea groups is 1. The van der Waals surface area contributed by atoms with Gasteiger partial charge in [-0.3, -0.25) is 9.35 Å². The molecule has 1 saturated heterocycles. The zero-order chi connectivity index (χ0) is 24.4. The Morgan fingerprint density at radius 3 is 2.64 bits per heavy atom. The Morgan fingerprint density at radius 2 is 1.97 bits per heavy atom. The number of rotatable bonds is 8. The Balaban J connectivity index is 1.50. The Bertz CT molecular complexity index is 1060. The maximum Gasteiger partial charge on any atom is 0.418 e. The lowest BCUT2D eigenvalue weighted by atomic mass is 10.2. The van der Waals surface area contributed by atoms with Crippen molar-refractivity contribution >= 4 is 34.1 Å². The number of carbonyl (C=O) groups excluding carboxylic acids is 3. The van der Waals surface area contributed by atoms with Crippen molar-refractivity contribution in [1.29, 1.82) is 0 Å². The number of aromatic nitrogens is 2. The van der Waals surface area contributed by atoms with E-state index in [-0.39, 0.29) is 38.5 Å². The first-order valence-electron chi connectivity index (χ1n) is 10.0. The molecule has 33 heavy (non-hydrogen) atoms. The molecule has 0 aromatic carbocycles. The summed E-state index contributed by atoms with van der Waals surface area (Å²) in [5, 5.41) is 10.1.